The van der Waals surface area contributed by atoms with Crippen LogP contribution in [0.15, 0.2) is 53.7 Å². The summed E-state index contributed by atoms with van der Waals surface area (Å²) in [4.78, 5) is 0. The molecule has 0 heterocycles. The van der Waals surface area contributed by atoms with Gasteiger partial charge in [0.15, 0.2) is 0 Å². The quantitative estimate of drug-likeness (QED) is 0.458. The molecule has 155 valence electrons. The van der Waals surface area contributed by atoms with Gasteiger partial charge < -0.3 is 24.8 Å². The van der Waals surface area contributed by atoms with E-state index in [1.54, 1.807) is 0 Å². The molecule has 2 aliphatic rings. The van der Waals surface area contributed by atoms with Gasteiger partial charge >= 0.3 is 184 Å². The van der Waals surface area contributed by atoms with E-state index in [4.69, 9.17) is 0 Å². The summed E-state index contributed by atoms with van der Waals surface area (Å²) in [5.41, 5.74) is 5.73. The van der Waals surface area contributed by atoms with Crippen molar-refractivity contribution in [2.24, 2.45) is 0 Å². The zero-order chi connectivity index (χ0) is 20.1. The number of hydrogen-bond acceptors (Lipinski definition) is 1. The van der Waals surface area contributed by atoms with Gasteiger partial charge in [0, 0.05) is 0 Å². The van der Waals surface area contributed by atoms with Crippen LogP contribution in [0.5, 0.6) is 0 Å². The molecular formula is C25H27Cl2OSiZr. The van der Waals surface area contributed by atoms with Gasteiger partial charge in [0.2, 0.25) is 0 Å². The van der Waals surface area contributed by atoms with Gasteiger partial charge in [0.05, 0.1) is 0 Å². The Morgan fingerprint density at radius 2 is 1.63 bits per heavy atom. The predicted octanol–water partition coefficient (Wildman–Crippen LogP) is -1.86. The first-order valence-electron chi connectivity index (χ1n) is 10.0. The summed E-state index contributed by atoms with van der Waals surface area (Å²) in [6.07, 6.45) is 5.89. The molecule has 0 atom stereocenters. The Bertz CT molecular complexity index is 1260. The molecule has 1 N–H and O–H groups in total. The largest absolute Gasteiger partial charge is 1.00 e. The van der Waals surface area contributed by atoms with E-state index in [9.17, 15) is 5.11 Å². The van der Waals surface area contributed by atoms with E-state index in [0.29, 0.717) is 6.61 Å². The molecular weight excluding hydrogens is 506 g/mol. The van der Waals surface area contributed by atoms with E-state index in [0.717, 1.165) is 12.5 Å². The molecule has 0 spiro atoms. The van der Waals surface area contributed by atoms with E-state index in [1.807, 2.05) is 0 Å². The molecule has 0 amide bonds. The number of aliphatic hydroxyl groups is 1. The van der Waals surface area contributed by atoms with Crippen molar-refractivity contribution in [1.82, 2.24) is 0 Å². The first-order chi connectivity index (χ1) is 13.3. The zero-order valence-corrected chi connectivity index (χ0v) is 22.9. The second-order valence-corrected chi connectivity index (χ2v) is 14.8. The van der Waals surface area contributed by atoms with Crippen molar-refractivity contribution in [3.05, 3.63) is 85.7 Å². The molecule has 4 rings (SSSR count). The zero-order valence-electron chi connectivity index (χ0n) is 17.9. The van der Waals surface area contributed by atoms with Crippen LogP contribution in [0.25, 0.3) is 14.4 Å². The molecule has 2 aromatic rings. The second kappa shape index (κ2) is 9.84. The van der Waals surface area contributed by atoms with Gasteiger partial charge in [-0.05, 0) is 0 Å². The van der Waals surface area contributed by atoms with Crippen molar-refractivity contribution in [3.8, 4) is 0 Å². The van der Waals surface area contributed by atoms with Crippen molar-refractivity contribution >= 4 is 22.5 Å². The normalized spacial score (nSPS) is 14.3. The number of allylic oxidation sites excluding steroid dienone is 4. The van der Waals surface area contributed by atoms with Gasteiger partial charge in [0.25, 0.3) is 0 Å². The third-order valence-corrected chi connectivity index (χ3v) is 10.9. The fourth-order valence-electron chi connectivity index (χ4n) is 4.50. The molecule has 2 aliphatic carbocycles. The van der Waals surface area contributed by atoms with E-state index in [2.05, 4.69) is 75.5 Å². The van der Waals surface area contributed by atoms with Crippen LogP contribution >= 0.6 is 0 Å². The first-order valence-corrected chi connectivity index (χ1v) is 14.5. The molecule has 0 bridgehead atoms. The summed E-state index contributed by atoms with van der Waals surface area (Å²) in [5.74, 6) is 0. The van der Waals surface area contributed by atoms with Crippen LogP contribution in [0.2, 0.25) is 19.1 Å². The summed E-state index contributed by atoms with van der Waals surface area (Å²) < 4.78 is 1.48. The standard InChI is InChI=1S/C25H27OSi.2ClH.Zr/c1-17(2)21-11-12-23-22-8-6-5-7-18(22)16-24(23)25(21)19-9-10-20(15-19)27(3,4)14-13-26;;;/h5-8,10-12,15,26H,9,13-14H2,1-4H3;2*1H;/q;;;+2/p-2. The van der Waals surface area contributed by atoms with Crippen molar-refractivity contribution < 1.29 is 54.6 Å². The minimum atomic E-state index is -1.57. The van der Waals surface area contributed by atoms with Crippen LogP contribution in [0.1, 0.15) is 31.4 Å². The molecule has 2 aromatic carbocycles. The van der Waals surface area contributed by atoms with E-state index in [-0.39, 0.29) is 24.8 Å². The van der Waals surface area contributed by atoms with E-state index >= 15 is 0 Å². The summed E-state index contributed by atoms with van der Waals surface area (Å²) in [5, 5.41) is 16.6. The molecule has 5 heteroatoms. The maximum atomic E-state index is 9.51. The van der Waals surface area contributed by atoms with Gasteiger partial charge in [-0.25, -0.2) is 0 Å². The summed E-state index contributed by atoms with van der Waals surface area (Å²) in [7, 11) is -1.57. The van der Waals surface area contributed by atoms with Crippen LogP contribution in [0, 0.1) is 10.4 Å². The number of aliphatic hydroxyl groups excluding tert-OH is 1. The summed E-state index contributed by atoms with van der Waals surface area (Å²) in [6, 6.07) is 14.4. The smallest absolute Gasteiger partial charge is 1.00 e. The third-order valence-electron chi connectivity index (χ3n) is 6.19. The average molecular weight is 534 g/mol. The van der Waals surface area contributed by atoms with Crippen LogP contribution in [0.3, 0.4) is 0 Å². The predicted molar refractivity (Wildman–Crippen MR) is 117 cm³/mol. The fourth-order valence-corrected chi connectivity index (χ4v) is 7.74. The fraction of sp³-hybridized carbons (Fsp3) is 0.280. The summed E-state index contributed by atoms with van der Waals surface area (Å²) in [6.45, 7) is 9.49. The van der Waals surface area contributed by atoms with E-state index in [1.165, 1.54) is 76.3 Å². The SMILES string of the molecule is CC(C)=c1ccc2c(c1C1=CC([Si](C)(C)CCO)=CC1)[C]([Zr+2])=c1ccccc1=2.[Cl-].[Cl-]. The molecule has 0 saturated heterocycles. The van der Waals surface area contributed by atoms with Crippen LogP contribution in [-0.4, -0.2) is 19.8 Å². The van der Waals surface area contributed by atoms with Crippen LogP contribution in [0.4, 0.5) is 0 Å². The Kier molecular flexibility index (Phi) is 8.38. The number of benzene rings is 2. The van der Waals surface area contributed by atoms with Crippen LogP contribution < -0.4 is 35.3 Å². The number of halogens is 2. The Morgan fingerprint density at radius 1 is 0.967 bits per heavy atom. The monoisotopic (exact) mass is 531 g/mol. The molecule has 0 aromatic heterocycles. The molecule has 0 unspecified atom stereocenters. The Labute approximate surface area is 207 Å². The third kappa shape index (κ3) is 4.30. The maximum Gasteiger partial charge on any atom is -1.00 e. The van der Waals surface area contributed by atoms with Gasteiger partial charge in [-0.1, -0.05) is 0 Å². The molecule has 0 saturated carbocycles. The topological polar surface area (TPSA) is 20.2 Å². The van der Waals surface area contributed by atoms with Gasteiger partial charge in [-0.3, -0.25) is 0 Å². The molecule has 30 heavy (non-hydrogen) atoms. The second-order valence-electron chi connectivity index (χ2n) is 8.72. The Morgan fingerprint density at radius 3 is 2.27 bits per heavy atom. The van der Waals surface area contributed by atoms with Gasteiger partial charge in [-0.15, -0.1) is 0 Å². The van der Waals surface area contributed by atoms with Crippen molar-refractivity contribution in [2.75, 3.05) is 6.61 Å². The average Bonchev–Trinajstić information content (AvgIpc) is 3.26. The first kappa shape index (κ1) is 25.6. The molecule has 1 nitrogen and oxygen atoms in total. The minimum Gasteiger partial charge on any atom is -1.00 e. The van der Waals surface area contributed by atoms with Crippen LogP contribution in [-0.2, 0) is 24.7 Å². The Balaban J connectivity index is 0.00000160. The molecule has 0 aliphatic heterocycles. The molecule has 0 radical (unpaired) electrons. The molecule has 0 fully saturated rings. The number of fused-ring (bicyclic) bond motifs is 2. The van der Waals surface area contributed by atoms with E-state index < -0.39 is 8.07 Å². The number of hydrogen-bond donors (Lipinski definition) is 1. The van der Waals surface area contributed by atoms with Gasteiger partial charge in [0.1, 0.15) is 0 Å². The Hall–Kier alpha value is -0.700. The van der Waals surface area contributed by atoms with Crippen molar-refractivity contribution in [1.29, 1.82) is 0 Å². The maximum absolute atomic E-state index is 9.51. The van der Waals surface area contributed by atoms with Crippen molar-refractivity contribution in [2.45, 2.75) is 39.4 Å². The number of rotatable bonds is 4. The van der Waals surface area contributed by atoms with Crippen molar-refractivity contribution in [3.63, 3.8) is 0 Å². The summed E-state index contributed by atoms with van der Waals surface area (Å²) >= 11 is 1.48. The van der Waals surface area contributed by atoms with Gasteiger partial charge in [-0.2, -0.15) is 0 Å². The minimum absolute atomic E-state index is 0.